The standard InChI is InChI=1S/C13H16N2O/c1-16-13-4-2-3-12-11(13)7-9-5-6-10(8-14)15(9)12/h2-4,7,10H,5-6,8,14H2,1H3. The van der Waals surface area contributed by atoms with Gasteiger partial charge in [-0.2, -0.15) is 0 Å². The number of benzene rings is 1. The fraction of sp³-hybridized carbons (Fsp3) is 0.385. The van der Waals surface area contributed by atoms with Gasteiger partial charge in [0.1, 0.15) is 5.75 Å². The highest BCUT2D eigenvalue weighted by Gasteiger charge is 2.23. The van der Waals surface area contributed by atoms with Gasteiger partial charge in [0, 0.05) is 23.7 Å². The van der Waals surface area contributed by atoms with E-state index in [4.69, 9.17) is 10.5 Å². The van der Waals surface area contributed by atoms with Crippen molar-refractivity contribution in [1.29, 1.82) is 0 Å². The fourth-order valence-electron chi connectivity index (χ4n) is 2.75. The van der Waals surface area contributed by atoms with E-state index < -0.39 is 0 Å². The molecule has 84 valence electrons. The van der Waals surface area contributed by atoms with Gasteiger partial charge < -0.3 is 15.0 Å². The van der Waals surface area contributed by atoms with E-state index in [2.05, 4.69) is 16.7 Å². The zero-order valence-electron chi connectivity index (χ0n) is 9.44. The Morgan fingerprint density at radius 3 is 3.12 bits per heavy atom. The zero-order chi connectivity index (χ0) is 11.1. The van der Waals surface area contributed by atoms with Crippen LogP contribution in [0.2, 0.25) is 0 Å². The minimum atomic E-state index is 0.458. The molecule has 1 atom stereocenters. The largest absolute Gasteiger partial charge is 0.496 e. The van der Waals surface area contributed by atoms with E-state index in [0.717, 1.165) is 12.2 Å². The second-order valence-electron chi connectivity index (χ2n) is 4.33. The minimum absolute atomic E-state index is 0.458. The lowest BCUT2D eigenvalue weighted by Crippen LogP contribution is -2.15. The smallest absolute Gasteiger partial charge is 0.128 e. The molecule has 3 nitrogen and oxygen atoms in total. The van der Waals surface area contributed by atoms with Crippen LogP contribution in [0.15, 0.2) is 24.3 Å². The number of rotatable bonds is 2. The number of hydrogen-bond acceptors (Lipinski definition) is 2. The van der Waals surface area contributed by atoms with Gasteiger partial charge in [0.2, 0.25) is 0 Å². The maximum Gasteiger partial charge on any atom is 0.128 e. The van der Waals surface area contributed by atoms with Crippen LogP contribution in [0.25, 0.3) is 10.9 Å². The van der Waals surface area contributed by atoms with Crippen LogP contribution in [0.1, 0.15) is 18.2 Å². The van der Waals surface area contributed by atoms with Gasteiger partial charge >= 0.3 is 0 Å². The van der Waals surface area contributed by atoms with Crippen LogP contribution >= 0.6 is 0 Å². The van der Waals surface area contributed by atoms with Gasteiger partial charge in [-0.25, -0.2) is 0 Å². The molecule has 0 radical (unpaired) electrons. The molecule has 0 saturated heterocycles. The highest BCUT2D eigenvalue weighted by atomic mass is 16.5. The molecule has 0 fully saturated rings. The summed E-state index contributed by atoms with van der Waals surface area (Å²) in [5.74, 6) is 0.954. The first-order valence-electron chi connectivity index (χ1n) is 5.72. The molecule has 2 aromatic rings. The lowest BCUT2D eigenvalue weighted by Gasteiger charge is -2.12. The molecule has 0 spiro atoms. The summed E-state index contributed by atoms with van der Waals surface area (Å²) >= 11 is 0. The van der Waals surface area contributed by atoms with Crippen LogP contribution in [-0.4, -0.2) is 18.2 Å². The highest BCUT2D eigenvalue weighted by molar-refractivity contribution is 5.88. The Balaban J connectivity index is 2.27. The van der Waals surface area contributed by atoms with Crippen LogP contribution in [0.3, 0.4) is 0 Å². The number of aryl methyl sites for hydroxylation is 1. The van der Waals surface area contributed by atoms with Crippen molar-refractivity contribution in [3.8, 4) is 5.75 Å². The van der Waals surface area contributed by atoms with E-state index in [1.807, 2.05) is 12.1 Å². The predicted molar refractivity (Wildman–Crippen MR) is 64.9 cm³/mol. The predicted octanol–water partition coefficient (Wildman–Crippen LogP) is 2.10. The van der Waals surface area contributed by atoms with E-state index in [1.54, 1.807) is 7.11 Å². The Kier molecular flexibility index (Phi) is 2.14. The first-order valence-corrected chi connectivity index (χ1v) is 5.72. The Morgan fingerprint density at radius 1 is 1.50 bits per heavy atom. The summed E-state index contributed by atoms with van der Waals surface area (Å²) in [4.78, 5) is 0. The van der Waals surface area contributed by atoms with Gasteiger partial charge in [0.25, 0.3) is 0 Å². The molecule has 0 amide bonds. The van der Waals surface area contributed by atoms with Gasteiger partial charge in [-0.15, -0.1) is 0 Å². The molecular formula is C13H16N2O. The van der Waals surface area contributed by atoms with Crippen molar-refractivity contribution >= 4 is 10.9 Å². The lowest BCUT2D eigenvalue weighted by molar-refractivity contribution is 0.419. The van der Waals surface area contributed by atoms with Crippen LogP contribution in [0.4, 0.5) is 0 Å². The first kappa shape index (κ1) is 9.73. The van der Waals surface area contributed by atoms with Gasteiger partial charge in [-0.3, -0.25) is 0 Å². The first-order chi connectivity index (χ1) is 7.85. The maximum atomic E-state index is 5.82. The topological polar surface area (TPSA) is 40.2 Å². The Morgan fingerprint density at radius 2 is 2.38 bits per heavy atom. The van der Waals surface area contributed by atoms with Crippen molar-refractivity contribution in [2.75, 3.05) is 13.7 Å². The quantitative estimate of drug-likeness (QED) is 0.835. The molecule has 1 aromatic carbocycles. The van der Waals surface area contributed by atoms with Gasteiger partial charge in [-0.1, -0.05) is 6.07 Å². The van der Waals surface area contributed by atoms with Crippen LogP contribution in [-0.2, 0) is 6.42 Å². The molecule has 1 unspecified atom stereocenters. The van der Waals surface area contributed by atoms with E-state index in [1.165, 1.54) is 23.0 Å². The molecule has 3 heteroatoms. The van der Waals surface area contributed by atoms with E-state index >= 15 is 0 Å². The Hall–Kier alpha value is -1.48. The Labute approximate surface area is 94.8 Å². The average molecular weight is 216 g/mol. The SMILES string of the molecule is COc1cccc2c1cc1n2C(CN)CC1. The third-order valence-corrected chi connectivity index (χ3v) is 3.51. The average Bonchev–Trinajstić information content (AvgIpc) is 2.86. The maximum absolute atomic E-state index is 5.82. The molecule has 0 aliphatic carbocycles. The van der Waals surface area contributed by atoms with Crippen molar-refractivity contribution in [3.63, 3.8) is 0 Å². The molecule has 1 aromatic heterocycles. The van der Waals surface area contributed by atoms with Gasteiger partial charge in [0.05, 0.1) is 12.6 Å². The summed E-state index contributed by atoms with van der Waals surface area (Å²) in [7, 11) is 1.72. The Bertz CT molecular complexity index is 530. The lowest BCUT2D eigenvalue weighted by atomic mass is 10.1. The molecule has 2 heterocycles. The molecule has 0 bridgehead atoms. The number of aromatic nitrogens is 1. The number of methoxy groups -OCH3 is 1. The fourth-order valence-corrected chi connectivity index (χ4v) is 2.75. The molecule has 1 aliphatic heterocycles. The highest BCUT2D eigenvalue weighted by Crippen LogP contribution is 2.36. The summed E-state index contributed by atoms with van der Waals surface area (Å²) in [5, 5.41) is 1.21. The van der Waals surface area contributed by atoms with Crippen molar-refractivity contribution < 1.29 is 4.74 Å². The van der Waals surface area contributed by atoms with Crippen LogP contribution < -0.4 is 10.5 Å². The van der Waals surface area contributed by atoms with Crippen LogP contribution in [0, 0.1) is 0 Å². The molecule has 0 saturated carbocycles. The monoisotopic (exact) mass is 216 g/mol. The van der Waals surface area contributed by atoms with E-state index in [-0.39, 0.29) is 0 Å². The second-order valence-corrected chi connectivity index (χ2v) is 4.33. The molecule has 1 aliphatic rings. The third-order valence-electron chi connectivity index (χ3n) is 3.51. The summed E-state index contributed by atoms with van der Waals surface area (Å²) in [6.07, 6.45) is 2.29. The second kappa shape index (κ2) is 3.52. The summed E-state index contributed by atoms with van der Waals surface area (Å²) < 4.78 is 7.76. The van der Waals surface area contributed by atoms with Crippen molar-refractivity contribution in [3.05, 3.63) is 30.0 Å². The number of fused-ring (bicyclic) bond motifs is 3. The van der Waals surface area contributed by atoms with Crippen molar-refractivity contribution in [1.82, 2.24) is 4.57 Å². The van der Waals surface area contributed by atoms with Gasteiger partial charge in [0.15, 0.2) is 0 Å². The number of nitrogens with two attached hydrogens (primary N) is 1. The number of ether oxygens (including phenoxy) is 1. The number of hydrogen-bond donors (Lipinski definition) is 1. The van der Waals surface area contributed by atoms with Crippen molar-refractivity contribution in [2.24, 2.45) is 5.73 Å². The molecule has 16 heavy (non-hydrogen) atoms. The summed E-state index contributed by atoms with van der Waals surface area (Å²) in [5.41, 5.74) is 8.45. The zero-order valence-corrected chi connectivity index (χ0v) is 9.44. The summed E-state index contributed by atoms with van der Waals surface area (Å²) in [6, 6.07) is 8.90. The number of nitrogens with zero attached hydrogens (tertiary/aromatic N) is 1. The van der Waals surface area contributed by atoms with Crippen LogP contribution in [0.5, 0.6) is 5.75 Å². The molecule has 3 rings (SSSR count). The third kappa shape index (κ3) is 1.18. The molecular weight excluding hydrogens is 200 g/mol. The summed E-state index contributed by atoms with van der Waals surface area (Å²) in [6.45, 7) is 0.716. The normalized spacial score (nSPS) is 19.0. The van der Waals surface area contributed by atoms with Crippen molar-refractivity contribution in [2.45, 2.75) is 18.9 Å². The van der Waals surface area contributed by atoms with E-state index in [0.29, 0.717) is 12.6 Å². The molecule has 2 N–H and O–H groups in total. The minimum Gasteiger partial charge on any atom is -0.496 e. The van der Waals surface area contributed by atoms with Gasteiger partial charge in [-0.05, 0) is 31.0 Å². The van der Waals surface area contributed by atoms with E-state index in [9.17, 15) is 0 Å².